The van der Waals surface area contributed by atoms with E-state index < -0.39 is 0 Å². The summed E-state index contributed by atoms with van der Waals surface area (Å²) in [5, 5.41) is 9.17. The van der Waals surface area contributed by atoms with Crippen LogP contribution in [0.1, 0.15) is 42.5 Å². The highest BCUT2D eigenvalue weighted by atomic mass is 32.1. The summed E-state index contributed by atoms with van der Waals surface area (Å²) in [6.07, 6.45) is 6.42. The Morgan fingerprint density at radius 1 is 1.33 bits per heavy atom. The van der Waals surface area contributed by atoms with E-state index in [1.54, 1.807) is 6.33 Å². The van der Waals surface area contributed by atoms with Gasteiger partial charge in [-0.3, -0.25) is 4.90 Å². The van der Waals surface area contributed by atoms with Crippen molar-refractivity contribution in [1.82, 2.24) is 24.5 Å². The third kappa shape index (κ3) is 3.19. The van der Waals surface area contributed by atoms with Crippen LogP contribution in [0.5, 0.6) is 0 Å². The molecule has 1 unspecified atom stereocenters. The maximum atomic E-state index is 5.41. The molecule has 0 spiro atoms. The predicted molar refractivity (Wildman–Crippen MR) is 108 cm³/mol. The van der Waals surface area contributed by atoms with Gasteiger partial charge in [0.1, 0.15) is 11.2 Å². The van der Waals surface area contributed by atoms with E-state index >= 15 is 0 Å². The molecule has 1 saturated heterocycles. The van der Waals surface area contributed by atoms with Gasteiger partial charge in [0.25, 0.3) is 0 Å². The van der Waals surface area contributed by atoms with Crippen LogP contribution in [0, 0.1) is 0 Å². The first-order valence-electron chi connectivity index (χ1n) is 10.0. The van der Waals surface area contributed by atoms with E-state index in [9.17, 15) is 0 Å². The second-order valence-corrected chi connectivity index (χ2v) is 8.66. The third-order valence-corrected chi connectivity index (χ3v) is 6.91. The molecule has 1 aliphatic carbocycles. The zero-order valence-corrected chi connectivity index (χ0v) is 16.6. The molecule has 1 aliphatic heterocycles. The van der Waals surface area contributed by atoms with Crippen molar-refractivity contribution < 1.29 is 4.74 Å². The van der Waals surface area contributed by atoms with Crippen molar-refractivity contribution in [2.45, 2.75) is 38.5 Å². The number of ether oxygens (including phenoxy) is 1. The maximum absolute atomic E-state index is 5.41. The lowest BCUT2D eigenvalue weighted by atomic mass is 9.87. The number of hydrogen-bond donors (Lipinski definition) is 1. The Balaban J connectivity index is 1.38. The summed E-state index contributed by atoms with van der Waals surface area (Å²) < 4.78 is 7.29. The van der Waals surface area contributed by atoms with E-state index in [0.29, 0.717) is 5.92 Å². The number of fused-ring (bicyclic) bond motifs is 5. The van der Waals surface area contributed by atoms with Gasteiger partial charge in [-0.1, -0.05) is 6.92 Å². The van der Waals surface area contributed by atoms with Gasteiger partial charge in [0.15, 0.2) is 5.65 Å². The van der Waals surface area contributed by atoms with Gasteiger partial charge in [-0.05, 0) is 43.7 Å². The summed E-state index contributed by atoms with van der Waals surface area (Å²) in [4.78, 5) is 14.6. The Bertz CT molecular complexity index is 945. The van der Waals surface area contributed by atoms with Crippen LogP contribution in [0.25, 0.3) is 15.9 Å². The molecular weight excluding hydrogens is 360 g/mol. The van der Waals surface area contributed by atoms with Gasteiger partial charge in [0, 0.05) is 24.5 Å². The van der Waals surface area contributed by atoms with Crippen molar-refractivity contribution in [2.24, 2.45) is 0 Å². The molecule has 7 nitrogen and oxygen atoms in total. The molecule has 1 atom stereocenters. The number of nitrogens with one attached hydrogen (secondary N) is 1. The molecule has 144 valence electrons. The molecule has 2 aliphatic rings. The largest absolute Gasteiger partial charge is 0.379 e. The van der Waals surface area contributed by atoms with E-state index in [1.807, 2.05) is 15.9 Å². The minimum absolute atomic E-state index is 0.581. The summed E-state index contributed by atoms with van der Waals surface area (Å²) in [6.45, 7) is 8.08. The molecule has 0 saturated carbocycles. The van der Waals surface area contributed by atoms with Gasteiger partial charge in [0.05, 0.1) is 18.6 Å². The van der Waals surface area contributed by atoms with Gasteiger partial charge in [0.2, 0.25) is 5.95 Å². The highest BCUT2D eigenvalue weighted by Crippen LogP contribution is 2.43. The van der Waals surface area contributed by atoms with Crippen LogP contribution in [0.4, 0.5) is 5.95 Å². The van der Waals surface area contributed by atoms with Crippen molar-refractivity contribution in [3.05, 3.63) is 16.8 Å². The van der Waals surface area contributed by atoms with Gasteiger partial charge < -0.3 is 10.1 Å². The van der Waals surface area contributed by atoms with Gasteiger partial charge >= 0.3 is 0 Å². The first-order valence-corrected chi connectivity index (χ1v) is 10.8. The van der Waals surface area contributed by atoms with Crippen molar-refractivity contribution >= 4 is 33.1 Å². The Labute approximate surface area is 162 Å². The molecule has 3 aromatic heterocycles. The maximum Gasteiger partial charge on any atom is 0.227 e. The standard InChI is InChI=1S/C19H26N6OS/c1-13-4-2-5-14-15(13)16-17-21-12-22-25(17)19(23-18(16)27-14)20-6-3-7-24-8-10-26-11-9-24/h12-13H,2-11H2,1H3,(H,20,23). The summed E-state index contributed by atoms with van der Waals surface area (Å²) in [5.41, 5.74) is 2.41. The third-order valence-electron chi connectivity index (χ3n) is 5.75. The SMILES string of the molecule is CC1CCCc2sc3nc(NCCCN4CCOCC4)n4ncnc4c3c21. The number of aryl methyl sites for hydroxylation is 1. The van der Waals surface area contributed by atoms with E-state index in [0.717, 1.165) is 62.2 Å². The van der Waals surface area contributed by atoms with Crippen LogP contribution in [0.2, 0.25) is 0 Å². The summed E-state index contributed by atoms with van der Waals surface area (Å²) in [5.74, 6) is 1.39. The molecule has 8 heteroatoms. The normalized spacial score (nSPS) is 21.0. The average molecular weight is 387 g/mol. The number of anilines is 1. The van der Waals surface area contributed by atoms with E-state index in [2.05, 4.69) is 27.2 Å². The lowest BCUT2D eigenvalue weighted by Crippen LogP contribution is -2.37. The fourth-order valence-corrected chi connectivity index (χ4v) is 5.67. The van der Waals surface area contributed by atoms with Crippen LogP contribution in [-0.2, 0) is 11.2 Å². The molecule has 0 bridgehead atoms. The van der Waals surface area contributed by atoms with Crippen molar-refractivity contribution in [3.63, 3.8) is 0 Å². The first kappa shape index (κ1) is 17.3. The Morgan fingerprint density at radius 3 is 3.11 bits per heavy atom. The molecule has 0 amide bonds. The number of thiophene rings is 1. The zero-order chi connectivity index (χ0) is 18.2. The van der Waals surface area contributed by atoms with Gasteiger partial charge in [-0.15, -0.1) is 11.3 Å². The first-order chi connectivity index (χ1) is 13.3. The van der Waals surface area contributed by atoms with Crippen LogP contribution >= 0.6 is 11.3 Å². The quantitative estimate of drug-likeness (QED) is 0.680. The Hall–Kier alpha value is -1.77. The van der Waals surface area contributed by atoms with E-state index in [-0.39, 0.29) is 0 Å². The number of nitrogens with zero attached hydrogens (tertiary/aromatic N) is 5. The summed E-state index contributed by atoms with van der Waals surface area (Å²) in [6, 6.07) is 0. The molecule has 1 N–H and O–H groups in total. The van der Waals surface area contributed by atoms with Crippen LogP contribution in [0.3, 0.4) is 0 Å². The van der Waals surface area contributed by atoms with E-state index in [1.165, 1.54) is 35.1 Å². The molecule has 1 fully saturated rings. The predicted octanol–water partition coefficient (Wildman–Crippen LogP) is 2.91. The fraction of sp³-hybridized carbons (Fsp3) is 0.632. The van der Waals surface area contributed by atoms with Crippen molar-refractivity contribution in [2.75, 3.05) is 44.7 Å². The second kappa shape index (κ2) is 7.33. The number of hydrogen-bond acceptors (Lipinski definition) is 7. The van der Waals surface area contributed by atoms with E-state index in [4.69, 9.17) is 9.72 Å². The highest BCUT2D eigenvalue weighted by molar-refractivity contribution is 7.19. The molecule has 27 heavy (non-hydrogen) atoms. The smallest absolute Gasteiger partial charge is 0.227 e. The minimum atomic E-state index is 0.581. The molecule has 5 rings (SSSR count). The van der Waals surface area contributed by atoms with Crippen molar-refractivity contribution in [1.29, 1.82) is 0 Å². The van der Waals surface area contributed by atoms with Crippen LogP contribution in [0.15, 0.2) is 6.33 Å². The molecule has 0 radical (unpaired) electrons. The summed E-state index contributed by atoms with van der Waals surface area (Å²) in [7, 11) is 0. The highest BCUT2D eigenvalue weighted by Gasteiger charge is 2.25. The van der Waals surface area contributed by atoms with Gasteiger partial charge in [-0.25, -0.2) is 9.97 Å². The second-order valence-electron chi connectivity index (χ2n) is 7.58. The minimum Gasteiger partial charge on any atom is -0.379 e. The lowest BCUT2D eigenvalue weighted by molar-refractivity contribution is 0.0378. The Kier molecular flexibility index (Phi) is 4.71. The lowest BCUT2D eigenvalue weighted by Gasteiger charge is -2.26. The average Bonchev–Trinajstić information content (AvgIpc) is 3.30. The van der Waals surface area contributed by atoms with Gasteiger partial charge in [-0.2, -0.15) is 9.61 Å². The molecule has 3 aromatic rings. The molecular formula is C19H26N6OS. The zero-order valence-electron chi connectivity index (χ0n) is 15.8. The number of morpholine rings is 1. The van der Waals surface area contributed by atoms with Crippen molar-refractivity contribution in [3.8, 4) is 0 Å². The monoisotopic (exact) mass is 386 g/mol. The summed E-state index contributed by atoms with van der Waals surface area (Å²) >= 11 is 1.84. The molecule has 0 aromatic carbocycles. The Morgan fingerprint density at radius 2 is 2.22 bits per heavy atom. The number of aromatic nitrogens is 4. The number of rotatable bonds is 5. The topological polar surface area (TPSA) is 67.6 Å². The van der Waals surface area contributed by atoms with Crippen LogP contribution < -0.4 is 5.32 Å². The molecule has 4 heterocycles. The fourth-order valence-electron chi connectivity index (χ4n) is 4.34. The van der Waals surface area contributed by atoms with Crippen LogP contribution in [-0.4, -0.2) is 63.9 Å².